The number of halogens is 9. The highest BCUT2D eigenvalue weighted by molar-refractivity contribution is 6.41. The molecule has 3 rings (SSSR count). The Balaban J connectivity index is 2.22. The maximum Gasteiger partial charge on any atom is 0.418 e. The number of hydrogen-bond donors (Lipinski definition) is 0. The van der Waals surface area contributed by atoms with Gasteiger partial charge in [0.2, 0.25) is 0 Å². The number of aryl methyl sites for hydroxylation is 1. The highest BCUT2D eigenvalue weighted by atomic mass is 35.5. The van der Waals surface area contributed by atoms with Crippen molar-refractivity contribution in [3.05, 3.63) is 62.2 Å². The monoisotopic (exact) mass is 530 g/mol. The summed E-state index contributed by atoms with van der Waals surface area (Å²) in [6.45, 7) is 3.05. The lowest BCUT2D eigenvalue weighted by Gasteiger charge is -2.26. The molecule has 1 aromatic heterocycles. The minimum Gasteiger partial charge on any atom is -0.248 e. The second kappa shape index (κ2) is 9.23. The van der Waals surface area contributed by atoms with Crippen LogP contribution >= 0.6 is 34.8 Å². The van der Waals surface area contributed by atoms with Gasteiger partial charge < -0.3 is 0 Å². The van der Waals surface area contributed by atoms with Crippen molar-refractivity contribution < 1.29 is 26.3 Å². The summed E-state index contributed by atoms with van der Waals surface area (Å²) in [5.74, 6) is 0. The second-order valence-corrected chi connectivity index (χ2v) is 8.25. The SMILES string of the molecule is CCCN(c1cc(C(F)(F)F)ccc1C(F)(F)F)n1nc(C)c(-c2c(Cl)cc(Cl)cc2Cl)n1. The van der Waals surface area contributed by atoms with Crippen molar-refractivity contribution in [1.82, 2.24) is 15.1 Å². The molecule has 0 radical (unpaired) electrons. The Kier molecular flexibility index (Phi) is 7.12. The molecule has 13 heteroatoms. The van der Waals surface area contributed by atoms with Crippen molar-refractivity contribution in [3.8, 4) is 11.3 Å². The number of rotatable bonds is 5. The normalized spacial score (nSPS) is 12.3. The first-order valence-electron chi connectivity index (χ1n) is 9.39. The molecule has 178 valence electrons. The van der Waals surface area contributed by atoms with E-state index in [1.54, 1.807) is 6.92 Å². The third-order valence-electron chi connectivity index (χ3n) is 4.58. The van der Waals surface area contributed by atoms with E-state index in [0.29, 0.717) is 18.2 Å². The Hall–Kier alpha value is -2.17. The average molecular weight is 532 g/mol. The summed E-state index contributed by atoms with van der Waals surface area (Å²) in [7, 11) is 0. The fourth-order valence-corrected chi connectivity index (χ4v) is 4.15. The van der Waals surface area contributed by atoms with Gasteiger partial charge in [-0.05, 0) is 43.7 Å². The van der Waals surface area contributed by atoms with E-state index < -0.39 is 29.2 Å². The van der Waals surface area contributed by atoms with Crippen LogP contribution in [0.3, 0.4) is 0 Å². The highest BCUT2D eigenvalue weighted by Gasteiger charge is 2.39. The van der Waals surface area contributed by atoms with Gasteiger partial charge in [0.25, 0.3) is 0 Å². The van der Waals surface area contributed by atoms with Crippen molar-refractivity contribution in [2.75, 3.05) is 11.6 Å². The van der Waals surface area contributed by atoms with Gasteiger partial charge in [-0.3, -0.25) is 0 Å². The topological polar surface area (TPSA) is 34.0 Å². The predicted molar refractivity (Wildman–Crippen MR) is 115 cm³/mol. The minimum atomic E-state index is -4.92. The van der Waals surface area contributed by atoms with Gasteiger partial charge in [0.15, 0.2) is 0 Å². The van der Waals surface area contributed by atoms with Crippen molar-refractivity contribution in [2.24, 2.45) is 0 Å². The van der Waals surface area contributed by atoms with E-state index in [2.05, 4.69) is 10.2 Å². The third kappa shape index (κ3) is 5.33. The summed E-state index contributed by atoms with van der Waals surface area (Å²) in [6.07, 6.45) is -9.48. The van der Waals surface area contributed by atoms with Crippen LogP contribution in [0.2, 0.25) is 15.1 Å². The van der Waals surface area contributed by atoms with Gasteiger partial charge in [0, 0.05) is 17.1 Å². The maximum absolute atomic E-state index is 13.7. The van der Waals surface area contributed by atoms with Crippen molar-refractivity contribution in [1.29, 1.82) is 0 Å². The molecule has 0 unspecified atom stereocenters. The first kappa shape index (κ1) is 25.5. The van der Waals surface area contributed by atoms with Crippen LogP contribution in [-0.4, -0.2) is 21.6 Å². The average Bonchev–Trinajstić information content (AvgIpc) is 3.04. The number of benzene rings is 2. The van der Waals surface area contributed by atoms with Gasteiger partial charge in [0.05, 0.1) is 32.6 Å². The van der Waals surface area contributed by atoms with Crippen LogP contribution in [0.15, 0.2) is 30.3 Å². The number of anilines is 1. The Morgan fingerprint density at radius 1 is 0.909 bits per heavy atom. The molecule has 0 atom stereocenters. The zero-order chi connectivity index (χ0) is 24.7. The Morgan fingerprint density at radius 2 is 1.52 bits per heavy atom. The quantitative estimate of drug-likeness (QED) is 0.314. The fourth-order valence-electron chi connectivity index (χ4n) is 3.15. The molecule has 0 N–H and O–H groups in total. The van der Waals surface area contributed by atoms with Crippen molar-refractivity contribution >= 4 is 40.5 Å². The Labute approximate surface area is 199 Å². The standard InChI is InChI=1S/C20H15Cl3F6N4/c1-3-6-32(16-7-11(19(24,25)26)4-5-13(16)20(27,28)29)33-30-10(2)18(31-33)17-14(22)8-12(21)9-15(17)23/h4-5,7-9H,3,6H2,1-2H3. The lowest BCUT2D eigenvalue weighted by molar-refractivity contribution is -0.141. The van der Waals surface area contributed by atoms with Crippen molar-refractivity contribution in [3.63, 3.8) is 0 Å². The third-order valence-corrected chi connectivity index (χ3v) is 5.39. The highest BCUT2D eigenvalue weighted by Crippen LogP contribution is 2.41. The lowest BCUT2D eigenvalue weighted by atomic mass is 10.1. The van der Waals surface area contributed by atoms with E-state index in [9.17, 15) is 26.3 Å². The van der Waals surface area contributed by atoms with Crippen molar-refractivity contribution in [2.45, 2.75) is 32.6 Å². The molecule has 0 aliphatic carbocycles. The number of hydrogen-bond acceptors (Lipinski definition) is 3. The summed E-state index contributed by atoms with van der Waals surface area (Å²) in [4.78, 5) is 0.820. The molecule has 2 aromatic carbocycles. The molecule has 3 aromatic rings. The van der Waals surface area contributed by atoms with Gasteiger partial charge >= 0.3 is 12.4 Å². The summed E-state index contributed by atoms with van der Waals surface area (Å²) in [6, 6.07) is 4.02. The first-order valence-corrected chi connectivity index (χ1v) is 10.5. The van der Waals surface area contributed by atoms with Crippen LogP contribution in [0.1, 0.15) is 30.2 Å². The molecule has 0 bridgehead atoms. The van der Waals surface area contributed by atoms with Crippen LogP contribution in [0.25, 0.3) is 11.3 Å². The number of alkyl halides is 6. The van der Waals surface area contributed by atoms with Gasteiger partial charge in [-0.2, -0.15) is 26.3 Å². The number of nitrogens with zero attached hydrogens (tertiary/aromatic N) is 4. The largest absolute Gasteiger partial charge is 0.418 e. The molecule has 0 fully saturated rings. The minimum absolute atomic E-state index is 0.111. The molecule has 0 aliphatic heterocycles. The van der Waals surface area contributed by atoms with Gasteiger partial charge in [-0.25, -0.2) is 5.01 Å². The Bertz CT molecular complexity index is 1150. The Morgan fingerprint density at radius 3 is 2.03 bits per heavy atom. The fraction of sp³-hybridized carbons (Fsp3) is 0.300. The molecule has 4 nitrogen and oxygen atoms in total. The van der Waals surface area contributed by atoms with Crippen LogP contribution in [-0.2, 0) is 12.4 Å². The zero-order valence-corrected chi connectivity index (χ0v) is 19.3. The van der Waals surface area contributed by atoms with Crippen LogP contribution < -0.4 is 5.01 Å². The van der Waals surface area contributed by atoms with E-state index in [4.69, 9.17) is 34.8 Å². The summed E-state index contributed by atoms with van der Waals surface area (Å²) in [5.41, 5.74) is -2.62. The van der Waals surface area contributed by atoms with E-state index in [1.807, 2.05) is 0 Å². The molecule has 1 heterocycles. The predicted octanol–water partition coefficient (Wildman–Crippen LogP) is 7.93. The van der Waals surface area contributed by atoms with E-state index in [0.717, 1.165) is 9.91 Å². The van der Waals surface area contributed by atoms with Gasteiger partial charge in [0.1, 0.15) is 5.69 Å². The maximum atomic E-state index is 13.7. The lowest BCUT2D eigenvalue weighted by Crippen LogP contribution is -2.34. The second-order valence-electron chi connectivity index (χ2n) is 7.00. The van der Waals surface area contributed by atoms with Gasteiger partial charge in [-0.1, -0.05) is 46.6 Å². The number of aromatic nitrogens is 3. The summed E-state index contributed by atoms with van der Waals surface area (Å²) in [5, 5.41) is 9.77. The van der Waals surface area contributed by atoms with Gasteiger partial charge in [-0.15, -0.1) is 10.2 Å². The van der Waals surface area contributed by atoms with Crippen LogP contribution in [0.5, 0.6) is 0 Å². The van der Waals surface area contributed by atoms with E-state index >= 15 is 0 Å². The molecule has 0 aliphatic rings. The van der Waals surface area contributed by atoms with Crippen LogP contribution in [0, 0.1) is 6.92 Å². The van der Waals surface area contributed by atoms with E-state index in [1.165, 1.54) is 19.1 Å². The van der Waals surface area contributed by atoms with E-state index in [-0.39, 0.29) is 45.0 Å². The molecule has 0 saturated heterocycles. The summed E-state index contributed by atoms with van der Waals surface area (Å²) >= 11 is 18.4. The first-order chi connectivity index (χ1) is 15.2. The van der Waals surface area contributed by atoms with Crippen LogP contribution in [0.4, 0.5) is 32.0 Å². The molecule has 0 amide bonds. The molecular formula is C20H15Cl3F6N4. The molecule has 0 saturated carbocycles. The summed E-state index contributed by atoms with van der Waals surface area (Å²) < 4.78 is 80.9. The molecular weight excluding hydrogens is 517 g/mol. The molecule has 0 spiro atoms. The smallest absolute Gasteiger partial charge is 0.248 e. The zero-order valence-electron chi connectivity index (χ0n) is 17.0. The molecule has 33 heavy (non-hydrogen) atoms.